The molecule has 2 aromatic carbocycles. The molecule has 2 rings (SSSR count). The number of rotatable bonds is 5. The highest BCUT2D eigenvalue weighted by molar-refractivity contribution is 5.92. The first-order chi connectivity index (χ1) is 10.0. The van der Waals surface area contributed by atoms with E-state index < -0.39 is 0 Å². The van der Waals surface area contributed by atoms with Crippen molar-refractivity contribution >= 4 is 17.3 Å². The quantitative estimate of drug-likeness (QED) is 0.828. The van der Waals surface area contributed by atoms with Crippen LogP contribution in [0, 0.1) is 0 Å². The number of carbonyl (C=O) groups excluding carboxylic acids is 1. The average molecular weight is 284 g/mol. The van der Waals surface area contributed by atoms with E-state index in [1.54, 1.807) is 12.1 Å². The number of nitrogens with two attached hydrogens (primary N) is 1. The zero-order valence-electron chi connectivity index (χ0n) is 12.3. The van der Waals surface area contributed by atoms with Crippen molar-refractivity contribution in [1.82, 2.24) is 0 Å². The van der Waals surface area contributed by atoms with E-state index in [0.29, 0.717) is 12.1 Å². The van der Waals surface area contributed by atoms with Gasteiger partial charge in [-0.15, -0.1) is 0 Å². The van der Waals surface area contributed by atoms with E-state index in [1.165, 1.54) is 0 Å². The maximum Gasteiger partial charge on any atom is 0.228 e. The molecule has 0 aromatic heterocycles. The van der Waals surface area contributed by atoms with E-state index in [9.17, 15) is 4.79 Å². The molecule has 0 aliphatic heterocycles. The van der Waals surface area contributed by atoms with Crippen LogP contribution in [0.1, 0.15) is 19.4 Å². The van der Waals surface area contributed by atoms with Gasteiger partial charge in [-0.2, -0.15) is 0 Å². The summed E-state index contributed by atoms with van der Waals surface area (Å²) in [5, 5.41) is 2.87. The summed E-state index contributed by atoms with van der Waals surface area (Å²) in [7, 11) is 0. The lowest BCUT2D eigenvalue weighted by Crippen LogP contribution is -2.14. The van der Waals surface area contributed by atoms with Gasteiger partial charge < -0.3 is 15.8 Å². The number of hydrogen-bond donors (Lipinski definition) is 2. The molecule has 110 valence electrons. The molecule has 0 bridgehead atoms. The molecule has 1 amide bonds. The molecule has 0 aliphatic rings. The highest BCUT2D eigenvalue weighted by Gasteiger charge is 2.05. The van der Waals surface area contributed by atoms with Crippen LogP contribution in [-0.2, 0) is 11.2 Å². The van der Waals surface area contributed by atoms with Crippen molar-refractivity contribution in [3.63, 3.8) is 0 Å². The predicted molar refractivity (Wildman–Crippen MR) is 85.4 cm³/mol. The number of nitrogens with one attached hydrogen (secondary N) is 1. The number of carbonyl (C=O) groups is 1. The van der Waals surface area contributed by atoms with E-state index in [1.807, 2.05) is 50.2 Å². The third-order valence-electron chi connectivity index (χ3n) is 2.83. The molecular formula is C17H20N2O2. The van der Waals surface area contributed by atoms with Gasteiger partial charge in [0.05, 0.1) is 12.5 Å². The zero-order chi connectivity index (χ0) is 15.2. The maximum atomic E-state index is 12.0. The Labute approximate surface area is 124 Å². The van der Waals surface area contributed by atoms with Crippen molar-refractivity contribution in [3.8, 4) is 5.75 Å². The summed E-state index contributed by atoms with van der Waals surface area (Å²) in [5.74, 6) is 0.678. The second-order valence-corrected chi connectivity index (χ2v) is 5.16. The Bertz CT molecular complexity index is 606. The van der Waals surface area contributed by atoms with Gasteiger partial charge in [0.2, 0.25) is 5.91 Å². The summed E-state index contributed by atoms with van der Waals surface area (Å²) in [6, 6.07) is 14.7. The van der Waals surface area contributed by atoms with Crippen LogP contribution >= 0.6 is 0 Å². The van der Waals surface area contributed by atoms with Crippen molar-refractivity contribution in [1.29, 1.82) is 0 Å². The third-order valence-corrected chi connectivity index (χ3v) is 2.83. The largest absolute Gasteiger partial charge is 0.491 e. The summed E-state index contributed by atoms with van der Waals surface area (Å²) in [6.07, 6.45) is 0.418. The summed E-state index contributed by atoms with van der Waals surface area (Å²) in [4.78, 5) is 12.0. The molecule has 0 atom stereocenters. The van der Waals surface area contributed by atoms with E-state index in [0.717, 1.165) is 17.0 Å². The third kappa shape index (κ3) is 4.84. The summed E-state index contributed by atoms with van der Waals surface area (Å²) in [5.41, 5.74) is 7.97. The summed E-state index contributed by atoms with van der Waals surface area (Å²) >= 11 is 0. The predicted octanol–water partition coefficient (Wildman–Crippen LogP) is 3.24. The second-order valence-electron chi connectivity index (χ2n) is 5.16. The number of amides is 1. The summed E-state index contributed by atoms with van der Waals surface area (Å²) < 4.78 is 5.60. The van der Waals surface area contributed by atoms with Gasteiger partial charge in [0.15, 0.2) is 0 Å². The van der Waals surface area contributed by atoms with E-state index >= 15 is 0 Å². The summed E-state index contributed by atoms with van der Waals surface area (Å²) in [6.45, 7) is 3.93. The standard InChI is InChI=1S/C17H20N2O2/c1-12(2)21-16-5-3-4-15(11-16)19-17(20)10-13-6-8-14(18)9-7-13/h3-9,11-12H,10,18H2,1-2H3,(H,19,20). The Morgan fingerprint density at radius 3 is 2.57 bits per heavy atom. The second kappa shape index (κ2) is 6.79. The van der Waals surface area contributed by atoms with Gasteiger partial charge in [-0.25, -0.2) is 0 Å². The van der Waals surface area contributed by atoms with Crippen LogP contribution in [0.3, 0.4) is 0 Å². The van der Waals surface area contributed by atoms with Crippen molar-refractivity contribution in [2.24, 2.45) is 0 Å². The highest BCUT2D eigenvalue weighted by Crippen LogP contribution is 2.19. The topological polar surface area (TPSA) is 64.3 Å². The zero-order valence-corrected chi connectivity index (χ0v) is 12.3. The molecule has 0 unspecified atom stereocenters. The van der Waals surface area contributed by atoms with E-state index in [2.05, 4.69) is 5.32 Å². The normalized spacial score (nSPS) is 10.4. The van der Waals surface area contributed by atoms with Gasteiger partial charge in [-0.1, -0.05) is 18.2 Å². The SMILES string of the molecule is CC(C)Oc1cccc(NC(=O)Cc2ccc(N)cc2)c1. The van der Waals surface area contributed by atoms with Gasteiger partial charge in [-0.3, -0.25) is 4.79 Å². The van der Waals surface area contributed by atoms with Crippen LogP contribution < -0.4 is 15.8 Å². The fourth-order valence-electron chi connectivity index (χ4n) is 1.95. The van der Waals surface area contributed by atoms with Gasteiger partial charge >= 0.3 is 0 Å². The Balaban J connectivity index is 1.97. The Hall–Kier alpha value is -2.49. The maximum absolute atomic E-state index is 12.0. The van der Waals surface area contributed by atoms with Gasteiger partial charge in [0, 0.05) is 17.4 Å². The molecular weight excluding hydrogens is 264 g/mol. The van der Waals surface area contributed by atoms with Gasteiger partial charge in [-0.05, 0) is 43.7 Å². The lowest BCUT2D eigenvalue weighted by Gasteiger charge is -2.11. The van der Waals surface area contributed by atoms with Crippen molar-refractivity contribution in [2.45, 2.75) is 26.4 Å². The molecule has 4 nitrogen and oxygen atoms in total. The van der Waals surface area contributed by atoms with Crippen molar-refractivity contribution in [2.75, 3.05) is 11.1 Å². The van der Waals surface area contributed by atoms with E-state index in [-0.39, 0.29) is 12.0 Å². The number of ether oxygens (including phenoxy) is 1. The first-order valence-electron chi connectivity index (χ1n) is 6.94. The molecule has 2 aromatic rings. The van der Waals surface area contributed by atoms with Crippen LogP contribution in [-0.4, -0.2) is 12.0 Å². The molecule has 3 N–H and O–H groups in total. The molecule has 0 aliphatic carbocycles. The molecule has 0 radical (unpaired) electrons. The number of nitrogen functional groups attached to an aromatic ring is 1. The number of anilines is 2. The van der Waals surface area contributed by atoms with Crippen molar-refractivity contribution in [3.05, 3.63) is 54.1 Å². The van der Waals surface area contributed by atoms with Crippen LogP contribution in [0.15, 0.2) is 48.5 Å². The Morgan fingerprint density at radius 2 is 1.90 bits per heavy atom. The van der Waals surface area contributed by atoms with Crippen LogP contribution in [0.2, 0.25) is 0 Å². The first-order valence-corrected chi connectivity index (χ1v) is 6.94. The van der Waals surface area contributed by atoms with Crippen LogP contribution in [0.5, 0.6) is 5.75 Å². The molecule has 0 fully saturated rings. The van der Waals surface area contributed by atoms with Crippen molar-refractivity contribution < 1.29 is 9.53 Å². The highest BCUT2D eigenvalue weighted by atomic mass is 16.5. The van der Waals surface area contributed by atoms with Crippen LogP contribution in [0.4, 0.5) is 11.4 Å². The lowest BCUT2D eigenvalue weighted by atomic mass is 10.1. The molecule has 0 heterocycles. The minimum atomic E-state index is -0.0681. The molecule has 21 heavy (non-hydrogen) atoms. The average Bonchev–Trinajstić information content (AvgIpc) is 2.41. The fraction of sp³-hybridized carbons (Fsp3) is 0.235. The van der Waals surface area contributed by atoms with Gasteiger partial charge in [0.1, 0.15) is 5.75 Å². The monoisotopic (exact) mass is 284 g/mol. The minimum absolute atomic E-state index is 0.0681. The minimum Gasteiger partial charge on any atom is -0.491 e. The first kappa shape index (κ1) is 14.9. The lowest BCUT2D eigenvalue weighted by molar-refractivity contribution is -0.115. The van der Waals surface area contributed by atoms with Crippen LogP contribution in [0.25, 0.3) is 0 Å². The number of benzene rings is 2. The Morgan fingerprint density at radius 1 is 1.19 bits per heavy atom. The smallest absolute Gasteiger partial charge is 0.228 e. The van der Waals surface area contributed by atoms with Gasteiger partial charge in [0.25, 0.3) is 0 Å². The van der Waals surface area contributed by atoms with E-state index in [4.69, 9.17) is 10.5 Å². The molecule has 0 saturated heterocycles. The Kier molecular flexibility index (Phi) is 4.82. The molecule has 0 saturated carbocycles. The number of hydrogen-bond acceptors (Lipinski definition) is 3. The molecule has 0 spiro atoms. The fourth-order valence-corrected chi connectivity index (χ4v) is 1.95. The molecule has 4 heteroatoms.